The topological polar surface area (TPSA) is 322 Å². The molecule has 268 valence electrons. The molecule has 3 atom stereocenters. The van der Waals surface area contributed by atoms with Gasteiger partial charge < -0.3 is 71.1 Å². The Labute approximate surface area is 291 Å². The van der Waals surface area contributed by atoms with Gasteiger partial charge >= 0.3 is 11.9 Å². The van der Waals surface area contributed by atoms with Crippen molar-refractivity contribution in [3.63, 3.8) is 0 Å². The van der Waals surface area contributed by atoms with Crippen molar-refractivity contribution in [1.82, 2.24) is 16.0 Å². The minimum Gasteiger partial charge on any atom is -0.548 e. The molecule has 0 aromatic heterocycles. The Morgan fingerprint density at radius 1 is 0.560 bits per heavy atom. The van der Waals surface area contributed by atoms with Crippen molar-refractivity contribution in [3.8, 4) is 34.5 Å². The van der Waals surface area contributed by atoms with Crippen LogP contribution in [-0.4, -0.2) is 109 Å². The van der Waals surface area contributed by atoms with Crippen LogP contribution in [-0.2, 0) is 40.9 Å². The maximum Gasteiger partial charge on any atom is 0.332 e. The molecule has 0 fully saturated rings. The molecular weight excluding hydrogens is 714 g/mol. The van der Waals surface area contributed by atoms with E-state index in [-0.39, 0.29) is 17.1 Å². The van der Waals surface area contributed by atoms with Gasteiger partial charge in [-0.15, -0.1) is 0 Å². The second-order valence-corrected chi connectivity index (χ2v) is 9.86. The van der Waals surface area contributed by atoms with Crippen molar-refractivity contribution in [1.29, 1.82) is 0 Å². The fourth-order valence-corrected chi connectivity index (χ4v) is 3.90. The Morgan fingerprint density at radius 2 is 0.880 bits per heavy atom. The van der Waals surface area contributed by atoms with E-state index < -0.39 is 125 Å². The zero-order chi connectivity index (χ0) is 36.4. The van der Waals surface area contributed by atoms with E-state index in [1.165, 1.54) is 12.1 Å². The van der Waals surface area contributed by atoms with Crippen molar-refractivity contribution in [2.45, 2.75) is 18.1 Å². The van der Waals surface area contributed by atoms with E-state index in [4.69, 9.17) is 9.47 Å². The molecule has 10 N–H and O–H groups in total. The molecule has 0 spiro atoms. The molecule has 0 aliphatic rings. The van der Waals surface area contributed by atoms with E-state index in [2.05, 4.69) is 0 Å². The number of hydrogen-bond acceptors (Lipinski definition) is 16. The van der Waals surface area contributed by atoms with E-state index >= 15 is 0 Å². The van der Waals surface area contributed by atoms with Crippen molar-refractivity contribution in [3.05, 3.63) is 71.3 Å². The molecule has 0 bridgehead atoms. The molecule has 0 unspecified atom stereocenters. The summed E-state index contributed by atoms with van der Waals surface area (Å²) in [7, 11) is 0. The van der Waals surface area contributed by atoms with Gasteiger partial charge in [0.05, 0.1) is 29.3 Å². The number of benzene rings is 3. The van der Waals surface area contributed by atoms with Crippen LogP contribution in [0.15, 0.2) is 54.6 Å². The summed E-state index contributed by atoms with van der Waals surface area (Å²) in [6.07, 6.45) is 0. The van der Waals surface area contributed by atoms with Gasteiger partial charge in [0, 0.05) is 17.1 Å². The fourth-order valence-electron chi connectivity index (χ4n) is 3.90. The molecule has 20 heteroatoms. The maximum atomic E-state index is 13.0. The number of aromatic hydroxyl groups is 6. The molecule has 3 aromatic carbocycles. The molecular formula is C30H28FeN3O16-. The van der Waals surface area contributed by atoms with Crippen LogP contribution in [0, 0.1) is 0 Å². The van der Waals surface area contributed by atoms with Crippen LogP contribution in [0.4, 0.5) is 0 Å². The molecule has 50 heavy (non-hydrogen) atoms. The summed E-state index contributed by atoms with van der Waals surface area (Å²) in [5.74, 6) is -13.2. The third kappa shape index (κ3) is 9.89. The number of aliphatic carboxylic acids is 1. The summed E-state index contributed by atoms with van der Waals surface area (Å²) >= 11 is 0. The Hall–Kier alpha value is -6.24. The largest absolute Gasteiger partial charge is 0.548 e. The van der Waals surface area contributed by atoms with Gasteiger partial charge in [0.25, 0.3) is 17.7 Å². The number of phenols is 6. The predicted molar refractivity (Wildman–Crippen MR) is 157 cm³/mol. The van der Waals surface area contributed by atoms with Gasteiger partial charge in [-0.1, -0.05) is 18.2 Å². The fraction of sp³-hybridized carbons (Fsp3) is 0.200. The van der Waals surface area contributed by atoms with E-state index in [0.717, 1.165) is 42.5 Å². The molecule has 3 amide bonds. The number of hydrogen-bond donors (Lipinski definition) is 10. The van der Waals surface area contributed by atoms with E-state index in [1.807, 2.05) is 16.0 Å². The monoisotopic (exact) mass is 742 g/mol. The number of esters is 2. The summed E-state index contributed by atoms with van der Waals surface area (Å²) in [5.41, 5.74) is -1.61. The third-order valence-corrected chi connectivity index (χ3v) is 6.51. The minimum absolute atomic E-state index is 0. The minimum atomic E-state index is -2.07. The van der Waals surface area contributed by atoms with Crippen molar-refractivity contribution >= 4 is 35.6 Å². The molecule has 0 saturated heterocycles. The first kappa shape index (κ1) is 39.9. The van der Waals surface area contributed by atoms with Crippen molar-refractivity contribution in [2.75, 3.05) is 19.8 Å². The molecule has 0 aliphatic heterocycles. The number of phenolic OH excluding ortho intramolecular Hbond substituents is 6. The van der Waals surface area contributed by atoms with E-state index in [1.54, 1.807) is 0 Å². The van der Waals surface area contributed by atoms with E-state index in [9.17, 15) is 69.6 Å². The molecule has 0 saturated carbocycles. The predicted octanol–water partition coefficient (Wildman–Crippen LogP) is -2.56. The molecule has 0 heterocycles. The number of amides is 3. The zero-order valence-corrected chi connectivity index (χ0v) is 26.3. The van der Waals surface area contributed by atoms with Gasteiger partial charge in [-0.2, -0.15) is 0 Å². The van der Waals surface area contributed by atoms with Crippen LogP contribution in [0.2, 0.25) is 0 Å². The quantitative estimate of drug-likeness (QED) is 0.0461. The number of aliphatic hydroxyl groups is 1. The molecule has 0 radical (unpaired) electrons. The maximum absolute atomic E-state index is 13.0. The summed E-state index contributed by atoms with van der Waals surface area (Å²) in [6.45, 7) is -3.34. The van der Waals surface area contributed by atoms with Crippen molar-refractivity contribution in [2.24, 2.45) is 0 Å². The number of carboxylic acid groups (broad SMARTS) is 1. The van der Waals surface area contributed by atoms with Gasteiger partial charge in [-0.3, -0.25) is 14.4 Å². The Balaban J connectivity index is 0.00000867. The first-order valence-corrected chi connectivity index (χ1v) is 13.8. The Morgan fingerprint density at radius 3 is 1.24 bits per heavy atom. The number of rotatable bonds is 14. The number of para-hydroxylation sites is 3. The first-order valence-electron chi connectivity index (χ1n) is 13.8. The van der Waals surface area contributed by atoms with Gasteiger partial charge in [-0.25, -0.2) is 9.59 Å². The number of ether oxygens (including phenoxy) is 2. The average molecular weight is 742 g/mol. The Kier molecular flexibility index (Phi) is 14.2. The standard InChI is InChI=1S/C30H29N3O16.Fe/c34-10-16(31-25(41)13-4-1-7-19(35)22(13)38)29(46)49-12-18(33-27(43)15-6-3-9-21(37)24(15)40)30(47)48-11-17(28(44)45)32-26(42)14-5-2-8-20(36)23(14)39;/h1-9,16-18,34-40H,10-12H2,(H,31,41)(H,32,42)(H,33,43)(H,44,45);/p-1/t16-,17-,18-;/m0./s1. The third-order valence-electron chi connectivity index (χ3n) is 6.51. The van der Waals surface area contributed by atoms with Gasteiger partial charge in [0.1, 0.15) is 19.3 Å². The van der Waals surface area contributed by atoms with Crippen LogP contribution in [0.3, 0.4) is 0 Å². The molecule has 3 aromatic rings. The number of aliphatic hydroxyl groups excluding tert-OH is 1. The molecule has 19 nitrogen and oxygen atoms in total. The summed E-state index contributed by atoms with van der Waals surface area (Å²) in [6, 6.07) is 3.91. The van der Waals surface area contributed by atoms with Crippen molar-refractivity contribution < 1.29 is 96.2 Å². The van der Waals surface area contributed by atoms with Crippen LogP contribution in [0.5, 0.6) is 34.5 Å². The average Bonchev–Trinajstić information content (AvgIpc) is 3.06. The molecule has 0 aliphatic carbocycles. The number of carbonyl (C=O) groups is 6. The van der Waals surface area contributed by atoms with Crippen LogP contribution >= 0.6 is 0 Å². The summed E-state index contributed by atoms with van der Waals surface area (Å²) in [5, 5.41) is 86.1. The second kappa shape index (κ2) is 17.8. The number of nitrogens with one attached hydrogen (secondary N) is 3. The number of carboxylic acids is 1. The normalized spacial score (nSPS) is 12.2. The van der Waals surface area contributed by atoms with Crippen LogP contribution < -0.4 is 21.1 Å². The second-order valence-electron chi connectivity index (χ2n) is 9.86. The smallest absolute Gasteiger partial charge is 0.332 e. The van der Waals surface area contributed by atoms with Gasteiger partial charge in [-0.05, 0) is 36.4 Å². The van der Waals surface area contributed by atoms with Crippen LogP contribution in [0.1, 0.15) is 31.1 Å². The summed E-state index contributed by atoms with van der Waals surface area (Å²) < 4.78 is 9.86. The first-order chi connectivity index (χ1) is 23.2. The van der Waals surface area contributed by atoms with E-state index in [0.29, 0.717) is 0 Å². The van der Waals surface area contributed by atoms with Gasteiger partial charge in [0.2, 0.25) is 0 Å². The zero-order valence-electron chi connectivity index (χ0n) is 25.2. The molecule has 3 rings (SSSR count). The SMILES string of the molecule is O=C(N[C@@H](COC(=O)[C@H](COC(=O)[C@H](CO)NC(=O)c1cccc(O)c1O)NC(=O)c1cccc(O)c1O)C(=O)[O-])c1cccc(O)c1O.[Fe]. The van der Waals surface area contributed by atoms with Crippen LogP contribution in [0.25, 0.3) is 0 Å². The Bertz CT molecular complexity index is 1770. The van der Waals surface area contributed by atoms with Gasteiger partial charge in [0.15, 0.2) is 46.6 Å². The summed E-state index contributed by atoms with van der Waals surface area (Å²) in [4.78, 5) is 75.3. The number of carbonyl (C=O) groups excluding carboxylic acids is 6.